The lowest BCUT2D eigenvalue weighted by atomic mass is 10.1. The molecule has 78 valence electrons. The van der Waals surface area contributed by atoms with Gasteiger partial charge in [-0.05, 0) is 11.5 Å². The molecule has 5 heteroatoms. The molecule has 0 atom stereocenters. The fourth-order valence-electron chi connectivity index (χ4n) is 1.54. The van der Waals surface area contributed by atoms with Gasteiger partial charge in [-0.25, -0.2) is 0 Å². The lowest BCUT2D eigenvalue weighted by molar-refractivity contribution is 0.387. The van der Waals surface area contributed by atoms with Gasteiger partial charge in [0, 0.05) is 5.39 Å². The van der Waals surface area contributed by atoms with Crippen molar-refractivity contribution in [3.05, 3.63) is 36.4 Å². The van der Waals surface area contributed by atoms with Crippen LogP contribution in [0.1, 0.15) is 0 Å². The van der Waals surface area contributed by atoms with Crippen LogP contribution in [0.4, 0.5) is 5.69 Å². The van der Waals surface area contributed by atoms with Crippen LogP contribution in [0.5, 0.6) is 0 Å². The molecule has 0 radical (unpaired) electrons. The molecule has 0 saturated heterocycles. The van der Waals surface area contributed by atoms with Crippen LogP contribution < -0.4 is 11.0 Å². The van der Waals surface area contributed by atoms with Crippen LogP contribution in [0.25, 0.3) is 10.8 Å². The third kappa shape index (κ3) is 1.75. The Bertz CT molecular complexity index is 562. The number of nitrogen functional groups attached to an aromatic ring is 1. The predicted octanol–water partition coefficient (Wildman–Crippen LogP) is 1.22. The van der Waals surface area contributed by atoms with Crippen LogP contribution in [0.15, 0.2) is 36.4 Å². The summed E-state index contributed by atoms with van der Waals surface area (Å²) in [5.41, 5.74) is 5.87. The Hall–Kier alpha value is -1.35. The first-order valence-corrected chi connectivity index (χ1v) is 5.95. The van der Waals surface area contributed by atoms with Crippen LogP contribution in [-0.2, 0) is 4.57 Å². The molecule has 4 N–H and O–H groups in total. The second-order valence-corrected chi connectivity index (χ2v) is 4.83. The van der Waals surface area contributed by atoms with Gasteiger partial charge in [0.2, 0.25) is 0 Å². The lowest BCUT2D eigenvalue weighted by Crippen LogP contribution is -2.10. The first-order valence-electron chi connectivity index (χ1n) is 4.33. The molecular formula is C10H10NO3P. The van der Waals surface area contributed by atoms with Crippen molar-refractivity contribution in [2.75, 3.05) is 5.73 Å². The smallest absolute Gasteiger partial charge is 0.358 e. The Labute approximate surface area is 86.5 Å². The number of nitrogens with two attached hydrogens (primary N) is 1. The summed E-state index contributed by atoms with van der Waals surface area (Å²) in [6.45, 7) is 0. The van der Waals surface area contributed by atoms with Gasteiger partial charge in [0.1, 0.15) is 0 Å². The Morgan fingerprint density at radius 2 is 1.73 bits per heavy atom. The first-order chi connectivity index (χ1) is 7.00. The molecule has 0 bridgehead atoms. The quantitative estimate of drug-likeness (QED) is 0.501. The molecule has 0 heterocycles. The monoisotopic (exact) mass is 223 g/mol. The van der Waals surface area contributed by atoms with Crippen molar-refractivity contribution in [2.24, 2.45) is 0 Å². The van der Waals surface area contributed by atoms with Gasteiger partial charge in [0.25, 0.3) is 0 Å². The molecule has 0 aliphatic rings. The molecule has 0 aliphatic heterocycles. The van der Waals surface area contributed by atoms with Gasteiger partial charge in [0.05, 0.1) is 11.0 Å². The van der Waals surface area contributed by atoms with Gasteiger partial charge in [-0.2, -0.15) is 0 Å². The molecule has 4 nitrogen and oxygen atoms in total. The predicted molar refractivity (Wildman–Crippen MR) is 60.0 cm³/mol. The van der Waals surface area contributed by atoms with Gasteiger partial charge in [-0.15, -0.1) is 0 Å². The lowest BCUT2D eigenvalue weighted by Gasteiger charge is -2.09. The molecule has 0 unspecified atom stereocenters. The van der Waals surface area contributed by atoms with Gasteiger partial charge in [-0.1, -0.05) is 30.3 Å². The Morgan fingerprint density at radius 3 is 2.40 bits per heavy atom. The van der Waals surface area contributed by atoms with E-state index in [0.29, 0.717) is 5.39 Å². The summed E-state index contributed by atoms with van der Waals surface area (Å²) >= 11 is 0. The Balaban J connectivity index is 2.82. The molecule has 0 fully saturated rings. The average molecular weight is 223 g/mol. The van der Waals surface area contributed by atoms with E-state index in [4.69, 9.17) is 15.5 Å². The van der Waals surface area contributed by atoms with E-state index in [-0.39, 0.29) is 11.0 Å². The summed E-state index contributed by atoms with van der Waals surface area (Å²) in [6.07, 6.45) is 0. The summed E-state index contributed by atoms with van der Waals surface area (Å²) in [4.78, 5) is 18.1. The van der Waals surface area contributed by atoms with Crippen molar-refractivity contribution in [3.63, 3.8) is 0 Å². The third-order valence-corrected chi connectivity index (χ3v) is 3.28. The largest absolute Gasteiger partial charge is 0.397 e. The van der Waals surface area contributed by atoms with Crippen molar-refractivity contribution < 1.29 is 14.4 Å². The van der Waals surface area contributed by atoms with Crippen molar-refractivity contribution in [2.45, 2.75) is 0 Å². The van der Waals surface area contributed by atoms with Crippen LogP contribution >= 0.6 is 7.60 Å². The zero-order chi connectivity index (χ0) is 11.1. The SMILES string of the molecule is Nc1c(P(=O)(O)O)ccc2ccccc12. The number of rotatable bonds is 1. The number of anilines is 1. The molecule has 0 aliphatic carbocycles. The zero-order valence-electron chi connectivity index (χ0n) is 7.79. The third-order valence-electron chi connectivity index (χ3n) is 2.26. The average Bonchev–Trinajstić information content (AvgIpc) is 2.16. The molecule has 0 spiro atoms. The summed E-state index contributed by atoms with van der Waals surface area (Å²) in [5, 5.41) is 1.42. The van der Waals surface area contributed by atoms with Gasteiger partial charge >= 0.3 is 7.60 Å². The minimum Gasteiger partial charge on any atom is -0.397 e. The van der Waals surface area contributed by atoms with Crippen molar-refractivity contribution in [1.82, 2.24) is 0 Å². The van der Waals surface area contributed by atoms with Gasteiger partial charge in [-0.3, -0.25) is 4.57 Å². The second-order valence-electron chi connectivity index (χ2n) is 3.26. The minimum atomic E-state index is -4.29. The molecule has 2 rings (SSSR count). The highest BCUT2D eigenvalue weighted by molar-refractivity contribution is 7.60. The summed E-state index contributed by atoms with van der Waals surface area (Å²) in [7, 11) is -4.29. The second kappa shape index (κ2) is 3.35. The molecule has 0 aromatic heterocycles. The molecule has 2 aromatic rings. The van der Waals surface area contributed by atoms with E-state index in [0.717, 1.165) is 5.39 Å². The summed E-state index contributed by atoms with van der Waals surface area (Å²) < 4.78 is 11.1. The van der Waals surface area contributed by atoms with E-state index in [2.05, 4.69) is 0 Å². The van der Waals surface area contributed by atoms with Crippen LogP contribution in [0.2, 0.25) is 0 Å². The first kappa shape index (κ1) is 10.2. The maximum atomic E-state index is 11.1. The molecule has 15 heavy (non-hydrogen) atoms. The van der Waals surface area contributed by atoms with Crippen molar-refractivity contribution in [1.29, 1.82) is 0 Å². The highest BCUT2D eigenvalue weighted by atomic mass is 31.2. The van der Waals surface area contributed by atoms with E-state index >= 15 is 0 Å². The number of hydrogen-bond donors (Lipinski definition) is 3. The van der Waals surface area contributed by atoms with E-state index in [9.17, 15) is 4.57 Å². The molecule has 0 saturated carbocycles. The van der Waals surface area contributed by atoms with Gasteiger partial charge < -0.3 is 15.5 Å². The maximum absolute atomic E-state index is 11.1. The summed E-state index contributed by atoms with van der Waals surface area (Å²) in [5.74, 6) is 0. The van der Waals surface area contributed by atoms with E-state index in [1.807, 2.05) is 12.1 Å². The van der Waals surface area contributed by atoms with E-state index in [1.165, 1.54) is 6.07 Å². The zero-order valence-corrected chi connectivity index (χ0v) is 8.69. The van der Waals surface area contributed by atoms with E-state index in [1.54, 1.807) is 18.2 Å². The van der Waals surface area contributed by atoms with Crippen LogP contribution in [0, 0.1) is 0 Å². The van der Waals surface area contributed by atoms with Crippen LogP contribution in [-0.4, -0.2) is 9.79 Å². The van der Waals surface area contributed by atoms with Crippen molar-refractivity contribution >= 4 is 29.4 Å². The number of hydrogen-bond acceptors (Lipinski definition) is 2. The standard InChI is InChI=1S/C10H10NO3P/c11-10-8-4-2-1-3-7(8)5-6-9(10)15(12,13)14/h1-6H,11H2,(H2,12,13,14). The minimum absolute atomic E-state index is 0.110. The van der Waals surface area contributed by atoms with E-state index < -0.39 is 7.60 Å². The molecular weight excluding hydrogens is 213 g/mol. The number of benzene rings is 2. The normalized spacial score (nSPS) is 11.9. The topological polar surface area (TPSA) is 83.6 Å². The fourth-order valence-corrected chi connectivity index (χ4v) is 2.24. The number of fused-ring (bicyclic) bond motifs is 1. The maximum Gasteiger partial charge on any atom is 0.358 e. The Morgan fingerprint density at radius 1 is 1.07 bits per heavy atom. The highest BCUT2D eigenvalue weighted by Gasteiger charge is 2.21. The van der Waals surface area contributed by atoms with Crippen LogP contribution in [0.3, 0.4) is 0 Å². The fraction of sp³-hybridized carbons (Fsp3) is 0. The molecule has 2 aromatic carbocycles. The van der Waals surface area contributed by atoms with Crippen molar-refractivity contribution in [3.8, 4) is 0 Å². The Kier molecular flexibility index (Phi) is 2.27. The van der Waals surface area contributed by atoms with Gasteiger partial charge in [0.15, 0.2) is 0 Å². The molecule has 0 amide bonds. The highest BCUT2D eigenvalue weighted by Crippen LogP contribution is 2.37. The summed E-state index contributed by atoms with van der Waals surface area (Å²) in [6, 6.07) is 10.2.